The number of nitrogens with one attached hydrogen (secondary N) is 1. The first-order valence-electron chi connectivity index (χ1n) is 7.38. The number of benzene rings is 2. The molecule has 112 valence electrons. The molecule has 1 heterocycles. The van der Waals surface area contributed by atoms with Crippen LogP contribution in [0.5, 0.6) is 0 Å². The van der Waals surface area contributed by atoms with E-state index in [0.29, 0.717) is 12.1 Å². The Labute approximate surface area is 129 Å². The molecule has 2 amide bonds. The average molecular weight is 294 g/mol. The smallest absolute Gasteiger partial charge is 0.251 e. The van der Waals surface area contributed by atoms with Gasteiger partial charge in [0.25, 0.3) is 5.91 Å². The highest BCUT2D eigenvalue weighted by molar-refractivity contribution is 5.94. The Kier molecular flexibility index (Phi) is 3.92. The Hall–Kier alpha value is -2.62. The minimum atomic E-state index is -0.0774. The number of fused-ring (bicyclic) bond motifs is 1. The highest BCUT2D eigenvalue weighted by atomic mass is 16.2. The van der Waals surface area contributed by atoms with E-state index in [0.717, 1.165) is 24.2 Å². The van der Waals surface area contributed by atoms with Crippen molar-refractivity contribution in [1.29, 1.82) is 0 Å². The van der Waals surface area contributed by atoms with Crippen LogP contribution in [0.1, 0.15) is 28.4 Å². The first-order chi connectivity index (χ1) is 10.6. The Morgan fingerprint density at radius 2 is 1.91 bits per heavy atom. The lowest BCUT2D eigenvalue weighted by Crippen LogP contribution is -2.25. The van der Waals surface area contributed by atoms with E-state index in [1.54, 1.807) is 24.0 Å². The van der Waals surface area contributed by atoms with Crippen LogP contribution < -0.4 is 10.2 Å². The molecule has 0 atom stereocenters. The van der Waals surface area contributed by atoms with Crippen LogP contribution in [0.3, 0.4) is 0 Å². The molecule has 2 aromatic carbocycles. The fourth-order valence-electron chi connectivity index (χ4n) is 2.77. The Morgan fingerprint density at radius 1 is 1.14 bits per heavy atom. The molecule has 0 aliphatic carbocycles. The summed E-state index contributed by atoms with van der Waals surface area (Å²) in [5, 5.41) is 2.92. The molecule has 1 N–H and O–H groups in total. The van der Waals surface area contributed by atoms with E-state index in [1.165, 1.54) is 5.56 Å². The van der Waals surface area contributed by atoms with Gasteiger partial charge in [0, 0.05) is 31.3 Å². The van der Waals surface area contributed by atoms with Gasteiger partial charge in [-0.1, -0.05) is 30.3 Å². The van der Waals surface area contributed by atoms with Crippen LogP contribution in [-0.4, -0.2) is 18.4 Å². The van der Waals surface area contributed by atoms with Crippen molar-refractivity contribution in [2.75, 3.05) is 11.4 Å². The van der Waals surface area contributed by atoms with Gasteiger partial charge < -0.3 is 10.2 Å². The average Bonchev–Trinajstić information content (AvgIpc) is 2.96. The molecule has 0 spiro atoms. The third-order valence-electron chi connectivity index (χ3n) is 3.91. The lowest BCUT2D eigenvalue weighted by molar-refractivity contribution is -0.116. The molecule has 1 aliphatic heterocycles. The van der Waals surface area contributed by atoms with Crippen molar-refractivity contribution in [3.63, 3.8) is 0 Å². The zero-order chi connectivity index (χ0) is 15.5. The van der Waals surface area contributed by atoms with E-state index >= 15 is 0 Å². The maximum atomic E-state index is 12.0. The highest BCUT2D eigenvalue weighted by Crippen LogP contribution is 2.28. The Bertz CT molecular complexity index is 710. The predicted molar refractivity (Wildman–Crippen MR) is 85.8 cm³/mol. The summed E-state index contributed by atoms with van der Waals surface area (Å²) < 4.78 is 0. The third-order valence-corrected chi connectivity index (χ3v) is 3.91. The zero-order valence-electron chi connectivity index (χ0n) is 12.5. The molecule has 0 saturated carbocycles. The largest absolute Gasteiger partial charge is 0.348 e. The topological polar surface area (TPSA) is 49.4 Å². The van der Waals surface area contributed by atoms with Gasteiger partial charge in [0.2, 0.25) is 5.91 Å². The van der Waals surface area contributed by atoms with Crippen LogP contribution in [0.4, 0.5) is 5.69 Å². The predicted octanol–water partition coefficient (Wildman–Crippen LogP) is 2.53. The summed E-state index contributed by atoms with van der Waals surface area (Å²) in [6.07, 6.45) is 0.870. The van der Waals surface area contributed by atoms with Crippen molar-refractivity contribution in [1.82, 2.24) is 5.32 Å². The molecule has 2 aromatic rings. The van der Waals surface area contributed by atoms with E-state index < -0.39 is 0 Å². The van der Waals surface area contributed by atoms with E-state index in [9.17, 15) is 9.59 Å². The first-order valence-corrected chi connectivity index (χ1v) is 7.38. The van der Waals surface area contributed by atoms with Crippen LogP contribution in [0.15, 0.2) is 48.5 Å². The number of anilines is 1. The summed E-state index contributed by atoms with van der Waals surface area (Å²) in [5.74, 6) is -0.00431. The van der Waals surface area contributed by atoms with Crippen LogP contribution in [0.25, 0.3) is 0 Å². The molecule has 22 heavy (non-hydrogen) atoms. The van der Waals surface area contributed by atoms with Crippen molar-refractivity contribution in [2.45, 2.75) is 19.9 Å². The SMILES string of the molecule is CC(=O)N1CCc2cc(CNC(=O)c3ccccc3)ccc21. The number of nitrogens with zero attached hydrogens (tertiary/aromatic N) is 1. The van der Waals surface area contributed by atoms with Gasteiger partial charge in [0.1, 0.15) is 0 Å². The molecule has 4 nitrogen and oxygen atoms in total. The van der Waals surface area contributed by atoms with E-state index in [4.69, 9.17) is 0 Å². The molecule has 3 rings (SSSR count). The van der Waals surface area contributed by atoms with Gasteiger partial charge >= 0.3 is 0 Å². The number of hydrogen-bond acceptors (Lipinski definition) is 2. The summed E-state index contributed by atoms with van der Waals surface area (Å²) in [7, 11) is 0. The van der Waals surface area contributed by atoms with Crippen molar-refractivity contribution in [3.8, 4) is 0 Å². The fourth-order valence-corrected chi connectivity index (χ4v) is 2.77. The van der Waals surface area contributed by atoms with E-state index in [-0.39, 0.29) is 11.8 Å². The van der Waals surface area contributed by atoms with Gasteiger partial charge in [-0.05, 0) is 35.7 Å². The molecule has 0 aromatic heterocycles. The second-order valence-corrected chi connectivity index (χ2v) is 5.43. The van der Waals surface area contributed by atoms with E-state index in [1.807, 2.05) is 30.3 Å². The molecular formula is C18H18N2O2. The number of rotatable bonds is 3. The number of amides is 2. The quantitative estimate of drug-likeness (QED) is 0.945. The van der Waals surface area contributed by atoms with Gasteiger partial charge in [-0.2, -0.15) is 0 Å². The molecule has 0 saturated heterocycles. The van der Waals surface area contributed by atoms with Crippen molar-refractivity contribution < 1.29 is 9.59 Å². The second-order valence-electron chi connectivity index (χ2n) is 5.43. The van der Waals surface area contributed by atoms with Crippen LogP contribution >= 0.6 is 0 Å². The van der Waals surface area contributed by atoms with Gasteiger partial charge in [0.15, 0.2) is 0 Å². The van der Waals surface area contributed by atoms with Crippen LogP contribution in [0.2, 0.25) is 0 Å². The van der Waals surface area contributed by atoms with Gasteiger partial charge in [-0.15, -0.1) is 0 Å². The van der Waals surface area contributed by atoms with Crippen LogP contribution in [0, 0.1) is 0 Å². The summed E-state index contributed by atoms with van der Waals surface area (Å²) in [6, 6.07) is 15.2. The van der Waals surface area contributed by atoms with Crippen molar-refractivity contribution in [3.05, 3.63) is 65.2 Å². The molecule has 0 unspecified atom stereocenters. The lowest BCUT2D eigenvalue weighted by Gasteiger charge is -2.15. The van der Waals surface area contributed by atoms with Crippen molar-refractivity contribution in [2.24, 2.45) is 0 Å². The Morgan fingerprint density at radius 3 is 2.64 bits per heavy atom. The maximum Gasteiger partial charge on any atom is 0.251 e. The number of carbonyl (C=O) groups is 2. The lowest BCUT2D eigenvalue weighted by atomic mass is 10.1. The second kappa shape index (κ2) is 6.02. The standard InChI is InChI=1S/C18H18N2O2/c1-13(21)20-10-9-16-11-14(7-8-17(16)20)12-19-18(22)15-5-3-2-4-6-15/h2-8,11H,9-10,12H2,1H3,(H,19,22). The molecule has 1 aliphatic rings. The first kappa shape index (κ1) is 14.3. The zero-order valence-corrected chi connectivity index (χ0v) is 12.5. The highest BCUT2D eigenvalue weighted by Gasteiger charge is 2.22. The minimum absolute atomic E-state index is 0.0730. The van der Waals surface area contributed by atoms with Gasteiger partial charge in [0.05, 0.1) is 0 Å². The summed E-state index contributed by atoms with van der Waals surface area (Å²) >= 11 is 0. The van der Waals surface area contributed by atoms with Crippen LogP contribution in [-0.2, 0) is 17.8 Å². The molecular weight excluding hydrogens is 276 g/mol. The molecule has 0 fully saturated rings. The summed E-state index contributed by atoms with van der Waals surface area (Å²) in [6.45, 7) is 2.81. The molecule has 0 radical (unpaired) electrons. The van der Waals surface area contributed by atoms with E-state index in [2.05, 4.69) is 11.4 Å². The van der Waals surface area contributed by atoms with Gasteiger partial charge in [-0.25, -0.2) is 0 Å². The maximum absolute atomic E-state index is 12.0. The molecule has 0 bridgehead atoms. The Balaban J connectivity index is 1.68. The monoisotopic (exact) mass is 294 g/mol. The normalized spacial score (nSPS) is 12.9. The van der Waals surface area contributed by atoms with Gasteiger partial charge in [-0.3, -0.25) is 9.59 Å². The third kappa shape index (κ3) is 2.86. The molecule has 4 heteroatoms. The summed E-state index contributed by atoms with van der Waals surface area (Å²) in [5.41, 5.74) is 3.87. The number of hydrogen-bond donors (Lipinski definition) is 1. The van der Waals surface area contributed by atoms with Crippen molar-refractivity contribution >= 4 is 17.5 Å². The minimum Gasteiger partial charge on any atom is -0.348 e. The number of carbonyl (C=O) groups excluding carboxylic acids is 2. The fraction of sp³-hybridized carbons (Fsp3) is 0.222. The summed E-state index contributed by atoms with van der Waals surface area (Å²) in [4.78, 5) is 25.4.